The van der Waals surface area contributed by atoms with Gasteiger partial charge in [-0.2, -0.15) is 0 Å². The fourth-order valence-electron chi connectivity index (χ4n) is 4.30. The van der Waals surface area contributed by atoms with E-state index < -0.39 is 42.2 Å². The van der Waals surface area contributed by atoms with Crippen LogP contribution in [-0.2, 0) is 20.7 Å². The number of phenolic OH excluding ortho intramolecular Hbond substituents is 1. The maximum Gasteiger partial charge on any atom is 0.408 e. The predicted molar refractivity (Wildman–Crippen MR) is 159 cm³/mol. The van der Waals surface area contributed by atoms with E-state index in [2.05, 4.69) is 10.6 Å². The number of carbonyl (C=O) groups is 3. The first-order valence-electron chi connectivity index (χ1n) is 13.6. The predicted octanol–water partition coefficient (Wildman–Crippen LogP) is 4.35. The molecule has 2 unspecified atom stereocenters. The van der Waals surface area contributed by atoms with Crippen LogP contribution < -0.4 is 15.4 Å². The minimum atomic E-state index is -1.15. The van der Waals surface area contributed by atoms with Gasteiger partial charge in [-0.25, -0.2) is 4.79 Å². The molecule has 0 spiro atoms. The first-order chi connectivity index (χ1) is 19.9. The van der Waals surface area contributed by atoms with Crippen molar-refractivity contribution >= 4 is 23.6 Å². The Morgan fingerprint density at radius 1 is 0.929 bits per heavy atom. The van der Waals surface area contributed by atoms with Crippen LogP contribution in [0.15, 0.2) is 72.8 Å². The molecule has 0 radical (unpaired) electrons. The second-order valence-electron chi connectivity index (χ2n) is 10.9. The Bertz CT molecular complexity index is 1330. The van der Waals surface area contributed by atoms with Crippen molar-refractivity contribution in [3.63, 3.8) is 0 Å². The lowest BCUT2D eigenvalue weighted by atomic mass is 9.99. The molecule has 0 fully saturated rings. The Balaban J connectivity index is 2.01. The van der Waals surface area contributed by atoms with Crippen LogP contribution >= 0.6 is 0 Å². The second kappa shape index (κ2) is 14.4. The molecule has 3 aromatic carbocycles. The van der Waals surface area contributed by atoms with Gasteiger partial charge in [0, 0.05) is 18.7 Å². The number of aliphatic hydroxyl groups excluding tert-OH is 1. The third-order valence-corrected chi connectivity index (χ3v) is 6.30. The molecule has 0 saturated carbocycles. The standard InChI is InChI=1S/C32H39N3O7/c1-21-6-10-23(11-7-21)28(29(38)33-24-12-16-26(41-5)17-13-24)35(18-19-36)30(39)27(34-31(40)42-32(2,3)4)20-22-8-14-25(37)15-9-22/h6-17,27-28,36-37H,18-20H2,1-5H3,(H,33,38)(H,34,40). The fourth-order valence-corrected chi connectivity index (χ4v) is 4.30. The van der Waals surface area contributed by atoms with Crippen molar-refractivity contribution in [1.29, 1.82) is 0 Å². The number of phenols is 1. The second-order valence-corrected chi connectivity index (χ2v) is 10.9. The number of anilines is 1. The van der Waals surface area contributed by atoms with Crippen molar-refractivity contribution in [1.82, 2.24) is 10.2 Å². The van der Waals surface area contributed by atoms with Crippen molar-refractivity contribution in [2.75, 3.05) is 25.6 Å². The summed E-state index contributed by atoms with van der Waals surface area (Å²) < 4.78 is 10.6. The quantitative estimate of drug-likeness (QED) is 0.266. The molecule has 0 aliphatic rings. The third kappa shape index (κ3) is 9.24. The number of alkyl carbamates (subject to hydrolysis) is 1. The number of aromatic hydroxyl groups is 1. The van der Waals surface area contributed by atoms with E-state index >= 15 is 0 Å². The molecule has 4 N–H and O–H groups in total. The normalized spacial score (nSPS) is 12.5. The fraction of sp³-hybridized carbons (Fsp3) is 0.344. The van der Waals surface area contributed by atoms with E-state index in [1.54, 1.807) is 76.4 Å². The first kappa shape index (κ1) is 32.0. The molecule has 3 amide bonds. The van der Waals surface area contributed by atoms with Crippen LogP contribution in [0.5, 0.6) is 11.5 Å². The summed E-state index contributed by atoms with van der Waals surface area (Å²) in [5.74, 6) is -0.436. The maximum absolute atomic E-state index is 14.2. The minimum Gasteiger partial charge on any atom is -0.508 e. The zero-order valence-electron chi connectivity index (χ0n) is 24.6. The van der Waals surface area contributed by atoms with E-state index in [0.29, 0.717) is 22.6 Å². The molecular formula is C32H39N3O7. The van der Waals surface area contributed by atoms with E-state index in [4.69, 9.17) is 9.47 Å². The van der Waals surface area contributed by atoms with Crippen LogP contribution in [0.3, 0.4) is 0 Å². The van der Waals surface area contributed by atoms with E-state index in [9.17, 15) is 24.6 Å². The molecule has 0 saturated heterocycles. The van der Waals surface area contributed by atoms with Crippen molar-refractivity contribution < 1.29 is 34.1 Å². The van der Waals surface area contributed by atoms with Crippen molar-refractivity contribution in [3.05, 3.63) is 89.5 Å². The number of nitrogens with zero attached hydrogens (tertiary/aromatic N) is 1. The summed E-state index contributed by atoms with van der Waals surface area (Å²) in [4.78, 5) is 42.1. The molecule has 0 aromatic heterocycles. The molecular weight excluding hydrogens is 538 g/mol. The molecule has 2 atom stereocenters. The minimum absolute atomic E-state index is 0.0427. The molecule has 0 bridgehead atoms. The van der Waals surface area contributed by atoms with Crippen LogP contribution in [0.1, 0.15) is 43.5 Å². The van der Waals surface area contributed by atoms with Gasteiger partial charge < -0.3 is 35.2 Å². The number of rotatable bonds is 11. The number of carbonyl (C=O) groups excluding carboxylic acids is 3. The van der Waals surface area contributed by atoms with Gasteiger partial charge in [0.05, 0.1) is 13.7 Å². The van der Waals surface area contributed by atoms with E-state index in [-0.39, 0.29) is 18.7 Å². The lowest BCUT2D eigenvalue weighted by Crippen LogP contribution is -2.53. The number of ether oxygens (including phenoxy) is 2. The molecule has 3 aromatic rings. The van der Waals surface area contributed by atoms with Crippen LogP contribution in [0.25, 0.3) is 0 Å². The number of aliphatic hydroxyl groups is 1. The summed E-state index contributed by atoms with van der Waals surface area (Å²) in [5.41, 5.74) is 1.81. The Hall–Kier alpha value is -4.57. The smallest absolute Gasteiger partial charge is 0.408 e. The summed E-state index contributed by atoms with van der Waals surface area (Å²) in [7, 11) is 1.54. The number of aryl methyl sites for hydroxylation is 1. The molecule has 0 aliphatic heterocycles. The van der Waals surface area contributed by atoms with Crippen LogP contribution in [0, 0.1) is 6.92 Å². The molecule has 3 rings (SSSR count). The third-order valence-electron chi connectivity index (χ3n) is 6.30. The Kier molecular flexibility index (Phi) is 10.9. The summed E-state index contributed by atoms with van der Waals surface area (Å²) in [6.07, 6.45) is -0.765. The highest BCUT2D eigenvalue weighted by Crippen LogP contribution is 2.26. The topological polar surface area (TPSA) is 137 Å². The summed E-state index contributed by atoms with van der Waals surface area (Å²) in [6, 6.07) is 17.9. The molecule has 0 aliphatic carbocycles. The Labute approximate surface area is 246 Å². The number of methoxy groups -OCH3 is 1. The number of hydrogen-bond donors (Lipinski definition) is 4. The van der Waals surface area contributed by atoms with Crippen LogP contribution in [0.4, 0.5) is 10.5 Å². The van der Waals surface area contributed by atoms with Gasteiger partial charge >= 0.3 is 6.09 Å². The summed E-state index contributed by atoms with van der Waals surface area (Å²) >= 11 is 0. The lowest BCUT2D eigenvalue weighted by Gasteiger charge is -2.34. The van der Waals surface area contributed by atoms with Gasteiger partial charge in [-0.1, -0.05) is 42.0 Å². The molecule has 42 heavy (non-hydrogen) atoms. The van der Waals surface area contributed by atoms with Crippen molar-refractivity contribution in [2.45, 2.75) is 51.8 Å². The van der Waals surface area contributed by atoms with Gasteiger partial charge in [0.2, 0.25) is 5.91 Å². The largest absolute Gasteiger partial charge is 0.508 e. The van der Waals surface area contributed by atoms with Crippen LogP contribution in [0.2, 0.25) is 0 Å². The van der Waals surface area contributed by atoms with Gasteiger partial charge in [-0.3, -0.25) is 9.59 Å². The van der Waals surface area contributed by atoms with Gasteiger partial charge in [0.15, 0.2) is 0 Å². The lowest BCUT2D eigenvalue weighted by molar-refractivity contribution is -0.141. The average Bonchev–Trinajstić information content (AvgIpc) is 2.93. The SMILES string of the molecule is COc1ccc(NC(=O)C(c2ccc(C)cc2)N(CCO)C(=O)C(Cc2ccc(O)cc2)NC(=O)OC(C)(C)C)cc1. The Morgan fingerprint density at radius 3 is 2.10 bits per heavy atom. The number of benzene rings is 3. The van der Waals surface area contributed by atoms with Gasteiger partial charge in [0.1, 0.15) is 29.2 Å². The van der Waals surface area contributed by atoms with E-state index in [1.165, 1.54) is 17.0 Å². The highest BCUT2D eigenvalue weighted by atomic mass is 16.6. The maximum atomic E-state index is 14.2. The molecule has 224 valence electrons. The summed E-state index contributed by atoms with van der Waals surface area (Å²) in [5, 5.41) is 25.2. The average molecular weight is 578 g/mol. The van der Waals surface area contributed by atoms with Crippen LogP contribution in [-0.4, -0.2) is 64.9 Å². The zero-order chi connectivity index (χ0) is 30.9. The van der Waals surface area contributed by atoms with Crippen molar-refractivity contribution in [3.8, 4) is 11.5 Å². The molecule has 10 nitrogen and oxygen atoms in total. The first-order valence-corrected chi connectivity index (χ1v) is 13.6. The highest BCUT2D eigenvalue weighted by molar-refractivity contribution is 5.99. The zero-order valence-corrected chi connectivity index (χ0v) is 24.6. The number of amides is 3. The van der Waals surface area contributed by atoms with Gasteiger partial charge in [-0.05, 0) is 75.2 Å². The summed E-state index contributed by atoms with van der Waals surface area (Å²) in [6.45, 7) is 6.41. The Morgan fingerprint density at radius 2 is 1.55 bits per heavy atom. The van der Waals surface area contributed by atoms with E-state index in [0.717, 1.165) is 5.56 Å². The highest BCUT2D eigenvalue weighted by Gasteiger charge is 2.36. The van der Waals surface area contributed by atoms with Gasteiger partial charge in [0.25, 0.3) is 5.91 Å². The van der Waals surface area contributed by atoms with Gasteiger partial charge in [-0.15, -0.1) is 0 Å². The van der Waals surface area contributed by atoms with E-state index in [1.807, 2.05) is 19.1 Å². The number of nitrogens with one attached hydrogen (secondary N) is 2. The monoisotopic (exact) mass is 577 g/mol. The number of hydrogen-bond acceptors (Lipinski definition) is 7. The molecule has 0 heterocycles. The molecule has 10 heteroatoms. The van der Waals surface area contributed by atoms with Crippen molar-refractivity contribution in [2.24, 2.45) is 0 Å².